The first-order valence-corrected chi connectivity index (χ1v) is 5.98. The van der Waals surface area contributed by atoms with Gasteiger partial charge in [0, 0.05) is 19.4 Å². The summed E-state index contributed by atoms with van der Waals surface area (Å²) in [6.45, 7) is 2.56. The van der Waals surface area contributed by atoms with Crippen LogP contribution in [-0.4, -0.2) is 23.2 Å². The number of nitrogens with one attached hydrogen (secondary N) is 1. The quantitative estimate of drug-likeness (QED) is 0.709. The fourth-order valence-corrected chi connectivity index (χ4v) is 2.01. The van der Waals surface area contributed by atoms with Crippen LogP contribution in [0, 0.1) is 18.3 Å². The number of hydrogen-bond donors (Lipinski definition) is 2. The summed E-state index contributed by atoms with van der Waals surface area (Å²) in [6.07, 6.45) is 9.53. The molecular weight excluding hydrogens is 202 g/mol. The summed E-state index contributed by atoms with van der Waals surface area (Å²) < 4.78 is 0. The fourth-order valence-electron chi connectivity index (χ4n) is 2.01. The van der Waals surface area contributed by atoms with Gasteiger partial charge in [-0.1, -0.05) is 6.92 Å². The lowest BCUT2D eigenvalue weighted by Crippen LogP contribution is -2.45. The van der Waals surface area contributed by atoms with Gasteiger partial charge >= 0.3 is 0 Å². The van der Waals surface area contributed by atoms with Crippen molar-refractivity contribution in [2.45, 2.75) is 51.0 Å². The lowest BCUT2D eigenvalue weighted by atomic mass is 9.79. The second-order valence-corrected chi connectivity index (χ2v) is 4.89. The molecule has 1 rings (SSSR count). The highest BCUT2D eigenvalue weighted by atomic mass is 16.3. The van der Waals surface area contributed by atoms with Crippen molar-refractivity contribution in [2.24, 2.45) is 5.92 Å². The summed E-state index contributed by atoms with van der Waals surface area (Å²) >= 11 is 0. The fraction of sp³-hybridized carbons (Fsp3) is 0.769. The molecule has 0 spiro atoms. The van der Waals surface area contributed by atoms with Gasteiger partial charge in [0.05, 0.1) is 5.60 Å². The SMILES string of the molecule is C#CCCC(=O)NCC1(O)CCC(C)CC1. The molecule has 0 aromatic carbocycles. The zero-order valence-electron chi connectivity index (χ0n) is 9.96. The maximum absolute atomic E-state index is 11.3. The summed E-state index contributed by atoms with van der Waals surface area (Å²) in [7, 11) is 0. The molecule has 0 aliphatic heterocycles. The summed E-state index contributed by atoms with van der Waals surface area (Å²) in [5.41, 5.74) is -0.696. The van der Waals surface area contributed by atoms with Gasteiger partial charge in [0.1, 0.15) is 0 Å². The predicted octanol–water partition coefficient (Wildman–Crippen LogP) is 1.46. The molecule has 0 aromatic rings. The second-order valence-electron chi connectivity index (χ2n) is 4.89. The van der Waals surface area contributed by atoms with Gasteiger partial charge in [0.2, 0.25) is 5.91 Å². The van der Waals surface area contributed by atoms with Gasteiger partial charge in [-0.25, -0.2) is 0 Å². The summed E-state index contributed by atoms with van der Waals surface area (Å²) in [4.78, 5) is 11.3. The molecule has 1 aliphatic carbocycles. The Balaban J connectivity index is 2.26. The van der Waals surface area contributed by atoms with Gasteiger partial charge in [0.15, 0.2) is 0 Å². The molecule has 1 amide bonds. The van der Waals surface area contributed by atoms with Crippen molar-refractivity contribution in [3.8, 4) is 12.3 Å². The van der Waals surface area contributed by atoms with Gasteiger partial charge in [-0.3, -0.25) is 4.79 Å². The van der Waals surface area contributed by atoms with Crippen LogP contribution in [0.2, 0.25) is 0 Å². The van der Waals surface area contributed by atoms with Crippen molar-refractivity contribution in [1.82, 2.24) is 5.32 Å². The van der Waals surface area contributed by atoms with E-state index in [1.165, 1.54) is 0 Å². The van der Waals surface area contributed by atoms with E-state index in [1.807, 2.05) is 0 Å². The highest BCUT2D eigenvalue weighted by Crippen LogP contribution is 2.31. The van der Waals surface area contributed by atoms with Crippen LogP contribution >= 0.6 is 0 Å². The van der Waals surface area contributed by atoms with E-state index in [9.17, 15) is 9.90 Å². The van der Waals surface area contributed by atoms with E-state index >= 15 is 0 Å². The molecule has 0 saturated heterocycles. The maximum Gasteiger partial charge on any atom is 0.221 e. The minimum atomic E-state index is -0.696. The minimum absolute atomic E-state index is 0.0648. The van der Waals surface area contributed by atoms with Gasteiger partial charge < -0.3 is 10.4 Å². The van der Waals surface area contributed by atoms with Crippen LogP contribution < -0.4 is 5.32 Å². The molecule has 2 N–H and O–H groups in total. The van der Waals surface area contributed by atoms with Gasteiger partial charge in [-0.05, 0) is 31.6 Å². The third-order valence-corrected chi connectivity index (χ3v) is 3.32. The van der Waals surface area contributed by atoms with E-state index in [1.54, 1.807) is 0 Å². The van der Waals surface area contributed by atoms with Crippen molar-refractivity contribution in [3.63, 3.8) is 0 Å². The molecule has 0 radical (unpaired) electrons. The Kier molecular flexibility index (Phi) is 4.82. The molecular formula is C13H21NO2. The largest absolute Gasteiger partial charge is 0.388 e. The minimum Gasteiger partial charge on any atom is -0.388 e. The Labute approximate surface area is 97.6 Å². The Hall–Kier alpha value is -1.01. The first kappa shape index (κ1) is 13.1. The van der Waals surface area contributed by atoms with Crippen LogP contribution in [0.1, 0.15) is 45.4 Å². The van der Waals surface area contributed by atoms with Gasteiger partial charge in [0.25, 0.3) is 0 Å². The third-order valence-electron chi connectivity index (χ3n) is 3.32. The number of carbonyl (C=O) groups is 1. The van der Waals surface area contributed by atoms with Crippen molar-refractivity contribution in [2.75, 3.05) is 6.54 Å². The molecule has 1 aliphatic rings. The van der Waals surface area contributed by atoms with Crippen molar-refractivity contribution >= 4 is 5.91 Å². The third kappa shape index (κ3) is 4.24. The highest BCUT2D eigenvalue weighted by Gasteiger charge is 2.31. The van der Waals surface area contributed by atoms with Crippen LogP contribution in [0.25, 0.3) is 0 Å². The lowest BCUT2D eigenvalue weighted by molar-refractivity contribution is -0.122. The smallest absolute Gasteiger partial charge is 0.221 e. The van der Waals surface area contributed by atoms with Crippen molar-refractivity contribution < 1.29 is 9.90 Å². The van der Waals surface area contributed by atoms with Crippen LogP contribution in [-0.2, 0) is 4.79 Å². The summed E-state index contributed by atoms with van der Waals surface area (Å²) in [5.74, 6) is 3.06. The summed E-state index contributed by atoms with van der Waals surface area (Å²) in [5, 5.41) is 13.0. The second kappa shape index (κ2) is 5.91. The average Bonchev–Trinajstić information content (AvgIpc) is 2.28. The molecule has 3 nitrogen and oxygen atoms in total. The summed E-state index contributed by atoms with van der Waals surface area (Å²) in [6, 6.07) is 0. The van der Waals surface area contributed by atoms with E-state index in [4.69, 9.17) is 6.42 Å². The molecule has 0 unspecified atom stereocenters. The van der Waals surface area contributed by atoms with E-state index in [0.717, 1.165) is 25.7 Å². The average molecular weight is 223 g/mol. The number of rotatable bonds is 4. The molecule has 90 valence electrons. The molecule has 1 saturated carbocycles. The molecule has 0 atom stereocenters. The van der Waals surface area contributed by atoms with Crippen LogP contribution in [0.3, 0.4) is 0 Å². The van der Waals surface area contributed by atoms with E-state index in [2.05, 4.69) is 18.2 Å². The Morgan fingerprint density at radius 1 is 1.56 bits per heavy atom. The molecule has 0 aromatic heterocycles. The Morgan fingerprint density at radius 2 is 2.19 bits per heavy atom. The molecule has 3 heteroatoms. The normalized spacial score (nSPS) is 29.4. The zero-order chi connectivity index (χ0) is 12.0. The number of carbonyl (C=O) groups excluding carboxylic acids is 1. The van der Waals surface area contributed by atoms with E-state index < -0.39 is 5.60 Å². The monoisotopic (exact) mass is 223 g/mol. The topological polar surface area (TPSA) is 49.3 Å². The number of aliphatic hydroxyl groups is 1. The van der Waals surface area contributed by atoms with Crippen LogP contribution in [0.4, 0.5) is 0 Å². The van der Waals surface area contributed by atoms with Crippen molar-refractivity contribution in [1.29, 1.82) is 0 Å². The maximum atomic E-state index is 11.3. The zero-order valence-corrected chi connectivity index (χ0v) is 9.96. The molecule has 1 fully saturated rings. The van der Waals surface area contributed by atoms with Gasteiger partial charge in [-0.15, -0.1) is 12.3 Å². The highest BCUT2D eigenvalue weighted by molar-refractivity contribution is 5.76. The Morgan fingerprint density at radius 3 is 2.75 bits per heavy atom. The number of terminal acetylenes is 1. The van der Waals surface area contributed by atoms with Gasteiger partial charge in [-0.2, -0.15) is 0 Å². The predicted molar refractivity (Wildman–Crippen MR) is 63.7 cm³/mol. The molecule has 0 heterocycles. The van der Waals surface area contributed by atoms with Crippen molar-refractivity contribution in [3.05, 3.63) is 0 Å². The standard InChI is InChI=1S/C13H21NO2/c1-3-4-5-12(15)14-10-13(16)8-6-11(2)7-9-13/h1,11,16H,4-10H2,2H3,(H,14,15). The number of amides is 1. The lowest BCUT2D eigenvalue weighted by Gasteiger charge is -2.34. The van der Waals surface area contributed by atoms with Crippen LogP contribution in [0.5, 0.6) is 0 Å². The van der Waals surface area contributed by atoms with E-state index in [0.29, 0.717) is 25.3 Å². The first-order valence-electron chi connectivity index (χ1n) is 5.98. The van der Waals surface area contributed by atoms with Crippen LogP contribution in [0.15, 0.2) is 0 Å². The molecule has 0 bridgehead atoms. The Bertz CT molecular complexity index is 272. The number of hydrogen-bond acceptors (Lipinski definition) is 2. The first-order chi connectivity index (χ1) is 7.56. The molecule has 16 heavy (non-hydrogen) atoms. The van der Waals surface area contributed by atoms with E-state index in [-0.39, 0.29) is 5.91 Å².